The van der Waals surface area contributed by atoms with Crippen LogP contribution in [0.4, 0.5) is 5.69 Å². The fraction of sp³-hybridized carbons (Fsp3) is 0.222. The summed E-state index contributed by atoms with van der Waals surface area (Å²) in [4.78, 5) is 10.2. The smallest absolute Gasteiger partial charge is 0.258 e. The zero-order valence-electron chi connectivity index (χ0n) is 12.2. The van der Waals surface area contributed by atoms with Crippen molar-refractivity contribution in [3.8, 4) is 0 Å². The third-order valence-electron chi connectivity index (χ3n) is 3.58. The third-order valence-corrected chi connectivity index (χ3v) is 3.58. The van der Waals surface area contributed by atoms with E-state index in [-0.39, 0.29) is 30.4 Å². The van der Waals surface area contributed by atoms with Crippen molar-refractivity contribution in [1.82, 2.24) is 0 Å². The Kier molecular flexibility index (Phi) is 7.70. The molecule has 0 heterocycles. The van der Waals surface area contributed by atoms with Crippen molar-refractivity contribution in [3.63, 3.8) is 0 Å². The van der Waals surface area contributed by atoms with Crippen LogP contribution in [0.5, 0.6) is 0 Å². The fourth-order valence-electron chi connectivity index (χ4n) is 2.38. The second kappa shape index (κ2) is 9.28. The van der Waals surface area contributed by atoms with Crippen molar-refractivity contribution >= 4 is 5.69 Å². The molecule has 0 aliphatic carbocycles. The number of nitrogens with zero attached hydrogens (tertiary/aromatic N) is 1. The summed E-state index contributed by atoms with van der Waals surface area (Å²) in [5.74, 6) is 0.345. The molecule has 2 aromatic carbocycles. The van der Waals surface area contributed by atoms with Crippen molar-refractivity contribution in [2.24, 2.45) is 0 Å². The Hall–Kier alpha value is -1.78. The van der Waals surface area contributed by atoms with Gasteiger partial charge in [-0.25, -0.2) is 0 Å². The SMILES string of the molecule is C=CC(CCCc1ccc([N+](=O)[O-])cc1)c1cc[c-]cc1.[Os+]. The van der Waals surface area contributed by atoms with Gasteiger partial charge in [-0.3, -0.25) is 10.1 Å². The molecule has 4 heteroatoms. The molecule has 1 unspecified atom stereocenters. The van der Waals surface area contributed by atoms with Gasteiger partial charge >= 0.3 is 19.8 Å². The Bertz CT molecular complexity index is 596. The quantitative estimate of drug-likeness (QED) is 0.255. The van der Waals surface area contributed by atoms with Crippen LogP contribution in [0.2, 0.25) is 0 Å². The number of hydrogen-bond donors (Lipinski definition) is 0. The number of allylic oxidation sites excluding steroid dienone is 1. The average Bonchev–Trinajstić information content (AvgIpc) is 2.53. The van der Waals surface area contributed by atoms with Crippen LogP contribution in [-0.2, 0) is 26.2 Å². The van der Waals surface area contributed by atoms with Crippen molar-refractivity contribution < 1.29 is 24.7 Å². The Morgan fingerprint density at radius 1 is 1.18 bits per heavy atom. The van der Waals surface area contributed by atoms with Gasteiger partial charge in [0.1, 0.15) is 0 Å². The maximum absolute atomic E-state index is 10.6. The summed E-state index contributed by atoms with van der Waals surface area (Å²) in [7, 11) is 0. The minimum atomic E-state index is -0.371. The minimum absolute atomic E-state index is 0. The normalized spacial score (nSPS) is 11.3. The molecule has 0 saturated carbocycles. The summed E-state index contributed by atoms with van der Waals surface area (Å²) >= 11 is 0. The van der Waals surface area contributed by atoms with Gasteiger partial charge in [0.05, 0.1) is 4.92 Å². The number of nitro benzene ring substituents is 1. The molecule has 115 valence electrons. The third kappa shape index (κ3) is 5.20. The van der Waals surface area contributed by atoms with E-state index < -0.39 is 0 Å². The van der Waals surface area contributed by atoms with Gasteiger partial charge in [0, 0.05) is 12.1 Å². The number of rotatable bonds is 7. The summed E-state index contributed by atoms with van der Waals surface area (Å²) in [6, 6.07) is 17.8. The molecule has 2 aromatic rings. The van der Waals surface area contributed by atoms with Crippen molar-refractivity contribution in [2.45, 2.75) is 25.2 Å². The number of non-ortho nitro benzene ring substituents is 1. The van der Waals surface area contributed by atoms with Crippen molar-refractivity contribution in [3.05, 3.63) is 88.5 Å². The number of nitro groups is 1. The first-order valence-corrected chi connectivity index (χ1v) is 7.02. The van der Waals surface area contributed by atoms with Crippen molar-refractivity contribution in [2.75, 3.05) is 0 Å². The van der Waals surface area contributed by atoms with E-state index in [1.807, 2.05) is 30.3 Å². The molecule has 0 fully saturated rings. The molecule has 2 rings (SSSR count). The Labute approximate surface area is 144 Å². The van der Waals surface area contributed by atoms with Gasteiger partial charge in [-0.05, 0) is 30.7 Å². The number of hydrogen-bond acceptors (Lipinski definition) is 2. The Morgan fingerprint density at radius 3 is 2.36 bits per heavy atom. The summed E-state index contributed by atoms with van der Waals surface area (Å²) in [6.07, 6.45) is 4.93. The van der Waals surface area contributed by atoms with E-state index in [1.165, 1.54) is 5.56 Å². The maximum Gasteiger partial charge on any atom is 1.00 e. The van der Waals surface area contributed by atoms with E-state index in [9.17, 15) is 10.1 Å². The monoisotopic (exact) mass is 472 g/mol. The van der Waals surface area contributed by atoms with E-state index in [0.717, 1.165) is 24.8 Å². The molecule has 22 heavy (non-hydrogen) atoms. The van der Waals surface area contributed by atoms with Gasteiger partial charge in [-0.1, -0.05) is 18.2 Å². The van der Waals surface area contributed by atoms with Crippen LogP contribution in [0.3, 0.4) is 0 Å². The molecule has 1 atom stereocenters. The molecule has 3 nitrogen and oxygen atoms in total. The van der Waals surface area contributed by atoms with Crippen LogP contribution in [0.25, 0.3) is 0 Å². The van der Waals surface area contributed by atoms with Gasteiger partial charge in [0.2, 0.25) is 0 Å². The summed E-state index contributed by atoms with van der Waals surface area (Å²) in [6.45, 7) is 3.91. The van der Waals surface area contributed by atoms with Gasteiger partial charge in [0.15, 0.2) is 0 Å². The van der Waals surface area contributed by atoms with Crippen molar-refractivity contribution in [1.29, 1.82) is 0 Å². The van der Waals surface area contributed by atoms with Crippen LogP contribution in [-0.4, -0.2) is 4.92 Å². The average molecular weight is 471 g/mol. The van der Waals surface area contributed by atoms with Gasteiger partial charge in [-0.15, -0.1) is 6.58 Å². The zero-order valence-corrected chi connectivity index (χ0v) is 14.8. The van der Waals surface area contributed by atoms with E-state index in [4.69, 9.17) is 0 Å². The van der Waals surface area contributed by atoms with Crippen LogP contribution in [0, 0.1) is 16.2 Å². The van der Waals surface area contributed by atoms with Crippen LogP contribution >= 0.6 is 0 Å². The predicted molar refractivity (Wildman–Crippen MR) is 84.3 cm³/mol. The fourth-order valence-corrected chi connectivity index (χ4v) is 2.38. The topological polar surface area (TPSA) is 43.1 Å². The molecular weight excluding hydrogens is 452 g/mol. The summed E-state index contributed by atoms with van der Waals surface area (Å²) < 4.78 is 0. The molecule has 1 radical (unpaired) electrons. The van der Waals surface area contributed by atoms with E-state index in [1.54, 1.807) is 12.1 Å². The van der Waals surface area contributed by atoms with Gasteiger partial charge < -0.3 is 0 Å². The molecular formula is C18H18NO2Os. The first-order valence-electron chi connectivity index (χ1n) is 7.02. The standard InChI is InChI=1S/C18H18NO2.Os/c1-2-16(17-8-4-3-5-9-17)10-6-7-15-11-13-18(14-12-15)19(20)21;/h2,4-5,8-9,11-14,16H,1,6-7,10H2;/q-1;+1. The molecule has 0 amide bonds. The Morgan fingerprint density at radius 2 is 1.82 bits per heavy atom. The summed E-state index contributed by atoms with van der Waals surface area (Å²) in [5.41, 5.74) is 2.53. The molecule has 0 N–H and O–H groups in total. The Balaban J connectivity index is 0.00000242. The molecule has 0 spiro atoms. The number of benzene rings is 2. The molecule has 0 bridgehead atoms. The van der Waals surface area contributed by atoms with E-state index in [2.05, 4.69) is 24.8 Å². The second-order valence-electron chi connectivity index (χ2n) is 4.99. The van der Waals surface area contributed by atoms with E-state index in [0.29, 0.717) is 5.92 Å². The second-order valence-corrected chi connectivity index (χ2v) is 4.99. The molecule has 0 aliphatic heterocycles. The largest absolute Gasteiger partial charge is 1.00 e. The number of aryl methyl sites for hydroxylation is 1. The predicted octanol–water partition coefficient (Wildman–Crippen LogP) is 4.68. The maximum atomic E-state index is 10.6. The molecule has 0 saturated heterocycles. The van der Waals surface area contributed by atoms with Crippen LogP contribution in [0.1, 0.15) is 29.9 Å². The van der Waals surface area contributed by atoms with Gasteiger partial charge in [0.25, 0.3) is 5.69 Å². The van der Waals surface area contributed by atoms with Crippen LogP contribution < -0.4 is 0 Å². The van der Waals surface area contributed by atoms with Gasteiger partial charge in [-0.2, -0.15) is 35.9 Å². The first-order chi connectivity index (χ1) is 10.2. The summed E-state index contributed by atoms with van der Waals surface area (Å²) in [5, 5.41) is 10.6. The molecule has 0 aliphatic rings. The van der Waals surface area contributed by atoms with Crippen LogP contribution in [0.15, 0.2) is 61.2 Å². The molecule has 0 aromatic heterocycles. The minimum Gasteiger partial charge on any atom is -0.258 e. The first kappa shape index (κ1) is 18.3. The zero-order chi connectivity index (χ0) is 15.1. The van der Waals surface area contributed by atoms with E-state index >= 15 is 0 Å².